The molecule has 110 valence electrons. The van der Waals surface area contributed by atoms with E-state index in [4.69, 9.17) is 10.8 Å². The summed E-state index contributed by atoms with van der Waals surface area (Å²) in [5, 5.41) is 9.44. The van der Waals surface area contributed by atoms with Gasteiger partial charge in [-0.2, -0.15) is 0 Å². The summed E-state index contributed by atoms with van der Waals surface area (Å²) in [5.74, 6) is -0.678. The molecule has 1 amide bonds. The molecule has 0 aromatic carbocycles. The zero-order valence-electron chi connectivity index (χ0n) is 11.2. The standard InChI is InChI=1S/C12H17N3O3S2/c1-7-11(20-12(13)14-7)19-6-9(16)15-4-2-8(3-5-15)10(17)18/h8H,2-6H2,1H3,(H2,13,14)(H,17,18). The SMILES string of the molecule is Cc1nc(N)sc1SCC(=O)N1CCC(C(=O)O)CC1. The number of amides is 1. The van der Waals surface area contributed by atoms with E-state index in [1.165, 1.54) is 23.1 Å². The summed E-state index contributed by atoms with van der Waals surface area (Å²) in [5.41, 5.74) is 6.47. The van der Waals surface area contributed by atoms with Gasteiger partial charge >= 0.3 is 5.97 Å². The zero-order valence-corrected chi connectivity index (χ0v) is 12.8. The number of aryl methyl sites for hydroxylation is 1. The van der Waals surface area contributed by atoms with E-state index in [-0.39, 0.29) is 11.8 Å². The Morgan fingerprint density at radius 1 is 1.50 bits per heavy atom. The molecular formula is C12H17N3O3S2. The number of thioether (sulfide) groups is 1. The molecule has 0 saturated carbocycles. The minimum absolute atomic E-state index is 0.0465. The molecule has 6 nitrogen and oxygen atoms in total. The van der Waals surface area contributed by atoms with Crippen LogP contribution in [0.15, 0.2) is 4.21 Å². The van der Waals surface area contributed by atoms with E-state index in [0.717, 1.165) is 9.90 Å². The Hall–Kier alpha value is -1.28. The number of anilines is 1. The van der Waals surface area contributed by atoms with E-state index in [0.29, 0.717) is 36.8 Å². The van der Waals surface area contributed by atoms with Gasteiger partial charge in [0.25, 0.3) is 0 Å². The van der Waals surface area contributed by atoms with Crippen molar-refractivity contribution in [1.29, 1.82) is 0 Å². The number of carboxylic acids is 1. The Balaban J connectivity index is 1.81. The van der Waals surface area contributed by atoms with Gasteiger partial charge in [-0.05, 0) is 19.8 Å². The second kappa shape index (κ2) is 6.45. The smallest absolute Gasteiger partial charge is 0.306 e. The number of thiazole rings is 1. The second-order valence-electron chi connectivity index (χ2n) is 4.71. The molecule has 1 aliphatic heterocycles. The molecule has 0 bridgehead atoms. The van der Waals surface area contributed by atoms with Crippen LogP contribution in [0.5, 0.6) is 0 Å². The highest BCUT2D eigenvalue weighted by Crippen LogP contribution is 2.30. The quantitative estimate of drug-likeness (QED) is 0.816. The molecule has 0 spiro atoms. The lowest BCUT2D eigenvalue weighted by Gasteiger charge is -2.30. The Kier molecular flexibility index (Phi) is 4.87. The van der Waals surface area contributed by atoms with Crippen LogP contribution in [0, 0.1) is 12.8 Å². The van der Waals surface area contributed by atoms with Gasteiger partial charge in [0.15, 0.2) is 5.13 Å². The third-order valence-corrected chi connectivity index (χ3v) is 5.63. The maximum atomic E-state index is 12.1. The molecule has 1 fully saturated rings. The number of hydrogen-bond acceptors (Lipinski definition) is 6. The van der Waals surface area contributed by atoms with Crippen LogP contribution in [-0.4, -0.2) is 45.7 Å². The van der Waals surface area contributed by atoms with E-state index in [1.807, 2.05) is 6.92 Å². The van der Waals surface area contributed by atoms with E-state index < -0.39 is 5.97 Å². The number of carbonyl (C=O) groups is 2. The van der Waals surface area contributed by atoms with Crippen LogP contribution in [0.1, 0.15) is 18.5 Å². The number of nitrogens with two attached hydrogens (primary N) is 1. The van der Waals surface area contributed by atoms with Crippen molar-refractivity contribution < 1.29 is 14.7 Å². The predicted octanol–water partition coefficient (Wildman–Crippen LogP) is 1.45. The minimum atomic E-state index is -0.762. The summed E-state index contributed by atoms with van der Waals surface area (Å²) in [6.07, 6.45) is 1.08. The van der Waals surface area contributed by atoms with E-state index in [2.05, 4.69) is 4.98 Å². The van der Waals surface area contributed by atoms with Crippen molar-refractivity contribution in [1.82, 2.24) is 9.88 Å². The van der Waals surface area contributed by atoms with Gasteiger partial charge in [-0.25, -0.2) is 4.98 Å². The summed E-state index contributed by atoms with van der Waals surface area (Å²) in [6.45, 7) is 2.93. The predicted molar refractivity (Wildman–Crippen MR) is 78.9 cm³/mol. The van der Waals surface area contributed by atoms with Gasteiger partial charge in [-0.1, -0.05) is 11.3 Å². The van der Waals surface area contributed by atoms with E-state index >= 15 is 0 Å². The summed E-state index contributed by atoms with van der Waals surface area (Å²) >= 11 is 2.83. The monoisotopic (exact) mass is 315 g/mol. The van der Waals surface area contributed by atoms with Crippen LogP contribution in [0.25, 0.3) is 0 Å². The largest absolute Gasteiger partial charge is 0.481 e. The number of rotatable bonds is 4. The summed E-state index contributed by atoms with van der Waals surface area (Å²) in [4.78, 5) is 28.8. The molecule has 0 radical (unpaired) electrons. The summed E-state index contributed by atoms with van der Waals surface area (Å²) in [7, 11) is 0. The van der Waals surface area contributed by atoms with Gasteiger partial charge in [-0.15, -0.1) is 11.8 Å². The number of likely N-dealkylation sites (tertiary alicyclic amines) is 1. The van der Waals surface area contributed by atoms with E-state index in [9.17, 15) is 9.59 Å². The second-order valence-corrected chi connectivity index (χ2v) is 6.98. The molecule has 8 heteroatoms. The molecule has 2 rings (SSSR count). The van der Waals surface area contributed by atoms with Crippen LogP contribution in [0.4, 0.5) is 5.13 Å². The van der Waals surface area contributed by atoms with Crippen molar-refractivity contribution >= 4 is 40.1 Å². The highest BCUT2D eigenvalue weighted by molar-refractivity contribution is 8.01. The van der Waals surface area contributed by atoms with Gasteiger partial charge in [0, 0.05) is 13.1 Å². The molecule has 1 aliphatic rings. The first-order valence-electron chi connectivity index (χ1n) is 6.33. The topological polar surface area (TPSA) is 96.5 Å². The fraction of sp³-hybridized carbons (Fsp3) is 0.583. The van der Waals surface area contributed by atoms with Crippen molar-refractivity contribution in [3.63, 3.8) is 0 Å². The number of aliphatic carboxylic acids is 1. The molecule has 0 unspecified atom stereocenters. The van der Waals surface area contributed by atoms with Crippen molar-refractivity contribution in [2.45, 2.75) is 24.0 Å². The zero-order chi connectivity index (χ0) is 14.7. The lowest BCUT2D eigenvalue weighted by atomic mass is 9.97. The number of nitrogens with zero attached hydrogens (tertiary/aromatic N) is 2. The molecule has 20 heavy (non-hydrogen) atoms. The van der Waals surface area contributed by atoms with Crippen molar-refractivity contribution in [2.24, 2.45) is 5.92 Å². The Bertz CT molecular complexity index is 510. The lowest BCUT2D eigenvalue weighted by Crippen LogP contribution is -2.41. The van der Waals surface area contributed by atoms with Crippen LogP contribution in [-0.2, 0) is 9.59 Å². The number of nitrogen functional groups attached to an aromatic ring is 1. The third kappa shape index (κ3) is 3.63. The molecule has 1 aromatic heterocycles. The first-order chi connectivity index (χ1) is 9.47. The molecule has 1 saturated heterocycles. The lowest BCUT2D eigenvalue weighted by molar-refractivity contribution is -0.145. The Labute approximate surface area is 125 Å². The third-order valence-electron chi connectivity index (χ3n) is 3.29. The fourth-order valence-corrected chi connectivity index (χ4v) is 4.06. The highest BCUT2D eigenvalue weighted by Gasteiger charge is 2.26. The van der Waals surface area contributed by atoms with Crippen molar-refractivity contribution in [2.75, 3.05) is 24.6 Å². The van der Waals surface area contributed by atoms with Gasteiger partial charge < -0.3 is 15.7 Å². The van der Waals surface area contributed by atoms with Gasteiger partial charge in [0.1, 0.15) is 0 Å². The molecule has 0 atom stereocenters. The molecule has 1 aromatic rings. The Morgan fingerprint density at radius 2 is 2.15 bits per heavy atom. The van der Waals surface area contributed by atoms with E-state index in [1.54, 1.807) is 4.90 Å². The average molecular weight is 315 g/mol. The first kappa shape index (κ1) is 15.1. The summed E-state index contributed by atoms with van der Waals surface area (Å²) < 4.78 is 0.969. The average Bonchev–Trinajstić information content (AvgIpc) is 2.74. The maximum absolute atomic E-state index is 12.1. The number of piperidine rings is 1. The van der Waals surface area contributed by atoms with Gasteiger partial charge in [-0.3, -0.25) is 9.59 Å². The van der Waals surface area contributed by atoms with Crippen molar-refractivity contribution in [3.8, 4) is 0 Å². The molecule has 0 aliphatic carbocycles. The highest BCUT2D eigenvalue weighted by atomic mass is 32.2. The molecular weight excluding hydrogens is 298 g/mol. The minimum Gasteiger partial charge on any atom is -0.481 e. The summed E-state index contributed by atoms with van der Waals surface area (Å²) in [6, 6.07) is 0. The van der Waals surface area contributed by atoms with Gasteiger partial charge in [0.05, 0.1) is 21.6 Å². The normalized spacial score (nSPS) is 16.4. The van der Waals surface area contributed by atoms with Crippen LogP contribution in [0.3, 0.4) is 0 Å². The maximum Gasteiger partial charge on any atom is 0.306 e. The van der Waals surface area contributed by atoms with Gasteiger partial charge in [0.2, 0.25) is 5.91 Å². The number of carbonyl (C=O) groups excluding carboxylic acids is 1. The van der Waals surface area contributed by atoms with Crippen molar-refractivity contribution in [3.05, 3.63) is 5.69 Å². The number of hydrogen-bond donors (Lipinski definition) is 2. The number of aromatic nitrogens is 1. The van der Waals surface area contributed by atoms with Crippen LogP contribution >= 0.6 is 23.1 Å². The fourth-order valence-electron chi connectivity index (χ4n) is 2.13. The molecule has 3 N–H and O–H groups in total. The van der Waals surface area contributed by atoms with Crippen LogP contribution in [0.2, 0.25) is 0 Å². The Morgan fingerprint density at radius 3 is 2.65 bits per heavy atom. The molecule has 2 heterocycles. The first-order valence-corrected chi connectivity index (χ1v) is 8.14. The number of carboxylic acid groups (broad SMARTS) is 1. The van der Waals surface area contributed by atoms with Crippen LogP contribution < -0.4 is 5.73 Å².